The van der Waals surface area contributed by atoms with E-state index in [2.05, 4.69) is 20.9 Å². The van der Waals surface area contributed by atoms with E-state index < -0.39 is 0 Å². The Kier molecular flexibility index (Phi) is 4.03. The van der Waals surface area contributed by atoms with Gasteiger partial charge in [-0.3, -0.25) is 9.59 Å². The minimum Gasteiger partial charge on any atom is -0.293 e. The van der Waals surface area contributed by atoms with E-state index in [9.17, 15) is 9.59 Å². The molecule has 3 rings (SSSR count). The maximum atomic E-state index is 12.1. The Hall–Kier alpha value is -1.72. The van der Waals surface area contributed by atoms with E-state index in [1.807, 2.05) is 30.3 Å². The van der Waals surface area contributed by atoms with Crippen molar-refractivity contribution < 1.29 is 9.59 Å². The van der Waals surface area contributed by atoms with Crippen LogP contribution in [-0.2, 0) is 4.79 Å². The standard InChI is InChI=1S/C16H10BrNO2S/c17-11-7-4-8-12-14(11)15(16(20)18-12)21-9-13(19)10-5-2-1-3-6-10/h1-8H,9H2. The summed E-state index contributed by atoms with van der Waals surface area (Å²) in [6.45, 7) is 0. The lowest BCUT2D eigenvalue weighted by Gasteiger charge is -2.01. The highest BCUT2D eigenvalue weighted by Crippen LogP contribution is 2.21. The van der Waals surface area contributed by atoms with E-state index >= 15 is 0 Å². The predicted octanol–water partition coefficient (Wildman–Crippen LogP) is 2.33. The summed E-state index contributed by atoms with van der Waals surface area (Å²) in [6.07, 6.45) is 0. The number of carbonyl (C=O) groups is 2. The molecule has 0 aliphatic carbocycles. The minimum absolute atomic E-state index is 0.00130. The first kappa shape index (κ1) is 14.2. The molecule has 0 aromatic heterocycles. The van der Waals surface area contributed by atoms with Crippen molar-refractivity contribution in [2.75, 3.05) is 5.75 Å². The van der Waals surface area contributed by atoms with Gasteiger partial charge in [-0.15, -0.1) is 11.8 Å². The number of nitrogens with zero attached hydrogens (tertiary/aromatic N) is 1. The Morgan fingerprint density at radius 1 is 1.10 bits per heavy atom. The number of ketones is 1. The molecule has 1 amide bonds. The molecule has 0 saturated heterocycles. The molecule has 1 aliphatic heterocycles. The molecule has 2 aromatic rings. The van der Waals surface area contributed by atoms with Crippen LogP contribution < -0.4 is 10.6 Å². The van der Waals surface area contributed by atoms with Crippen molar-refractivity contribution in [1.82, 2.24) is 0 Å². The Bertz CT molecular complexity index is 846. The summed E-state index contributed by atoms with van der Waals surface area (Å²) in [7, 11) is 0. The first-order valence-electron chi connectivity index (χ1n) is 6.30. The number of hydrogen-bond donors (Lipinski definition) is 0. The van der Waals surface area contributed by atoms with Gasteiger partial charge in [-0.1, -0.05) is 52.3 Å². The van der Waals surface area contributed by atoms with E-state index in [1.54, 1.807) is 18.2 Å². The summed E-state index contributed by atoms with van der Waals surface area (Å²) in [5.41, 5.74) is 0.653. The Labute approximate surface area is 133 Å². The number of hydrogen-bond acceptors (Lipinski definition) is 3. The zero-order valence-corrected chi connectivity index (χ0v) is 13.3. The summed E-state index contributed by atoms with van der Waals surface area (Å²) in [5, 5.41) is 1.44. The van der Waals surface area contributed by atoms with Crippen molar-refractivity contribution in [3.8, 4) is 0 Å². The quantitative estimate of drug-likeness (QED) is 0.787. The fourth-order valence-corrected chi connectivity index (χ4v) is 3.73. The topological polar surface area (TPSA) is 46.5 Å². The average Bonchev–Trinajstić information content (AvgIpc) is 2.82. The van der Waals surface area contributed by atoms with Crippen molar-refractivity contribution in [2.24, 2.45) is 4.99 Å². The molecule has 0 unspecified atom stereocenters. The number of halogens is 1. The van der Waals surface area contributed by atoms with E-state index in [4.69, 9.17) is 0 Å². The maximum absolute atomic E-state index is 12.1. The van der Waals surface area contributed by atoms with E-state index in [0.717, 1.165) is 9.69 Å². The van der Waals surface area contributed by atoms with E-state index in [-0.39, 0.29) is 17.4 Å². The normalized spacial score (nSPS) is 13.0. The van der Waals surface area contributed by atoms with Crippen LogP contribution in [0.1, 0.15) is 10.4 Å². The molecular formula is C16H10BrNO2S. The molecule has 5 heteroatoms. The lowest BCUT2D eigenvalue weighted by Crippen LogP contribution is -2.23. The number of rotatable bonds is 4. The molecule has 1 aliphatic rings. The Morgan fingerprint density at radius 2 is 1.86 bits per heavy atom. The van der Waals surface area contributed by atoms with Crippen LogP contribution in [0.2, 0.25) is 0 Å². The van der Waals surface area contributed by atoms with Crippen molar-refractivity contribution in [2.45, 2.75) is 0 Å². The molecule has 3 nitrogen and oxygen atoms in total. The predicted molar refractivity (Wildman–Crippen MR) is 86.6 cm³/mol. The van der Waals surface area contributed by atoms with Crippen LogP contribution in [0.25, 0.3) is 4.91 Å². The highest BCUT2D eigenvalue weighted by Gasteiger charge is 2.20. The summed E-state index contributed by atoms with van der Waals surface area (Å²) in [4.78, 5) is 28.6. The van der Waals surface area contributed by atoms with Gasteiger partial charge in [0.2, 0.25) is 0 Å². The van der Waals surface area contributed by atoms with Crippen molar-refractivity contribution in [3.63, 3.8) is 0 Å². The second-order valence-corrected chi connectivity index (χ2v) is 6.30. The second kappa shape index (κ2) is 5.95. The lowest BCUT2D eigenvalue weighted by atomic mass is 10.2. The zero-order chi connectivity index (χ0) is 14.8. The Balaban J connectivity index is 1.88. The van der Waals surface area contributed by atoms with Crippen LogP contribution in [-0.4, -0.2) is 17.4 Å². The molecule has 0 N–H and O–H groups in total. The molecule has 0 bridgehead atoms. The van der Waals surface area contributed by atoms with Crippen LogP contribution in [0.4, 0.5) is 0 Å². The van der Waals surface area contributed by atoms with Crippen LogP contribution in [0, 0.1) is 0 Å². The highest BCUT2D eigenvalue weighted by atomic mass is 79.9. The van der Waals surface area contributed by atoms with Crippen LogP contribution in [0.5, 0.6) is 0 Å². The minimum atomic E-state index is -0.275. The lowest BCUT2D eigenvalue weighted by molar-refractivity contribution is -0.112. The highest BCUT2D eigenvalue weighted by molar-refractivity contribution is 9.10. The number of carbonyl (C=O) groups excluding carboxylic acids is 2. The van der Waals surface area contributed by atoms with Gasteiger partial charge in [0.25, 0.3) is 5.91 Å². The first-order valence-corrected chi connectivity index (χ1v) is 8.07. The molecule has 21 heavy (non-hydrogen) atoms. The second-order valence-electron chi connectivity index (χ2n) is 4.46. The SMILES string of the molecule is O=C1N=c2cccc(Br)c2=C1SCC(=O)c1ccccc1. The molecule has 1 heterocycles. The van der Waals surface area contributed by atoms with Gasteiger partial charge in [0.15, 0.2) is 5.78 Å². The summed E-state index contributed by atoms with van der Waals surface area (Å²) >= 11 is 4.68. The molecule has 2 aromatic carbocycles. The number of amides is 1. The average molecular weight is 360 g/mol. The maximum Gasteiger partial charge on any atom is 0.284 e. The van der Waals surface area contributed by atoms with Gasteiger partial charge in [0, 0.05) is 15.3 Å². The summed E-state index contributed by atoms with van der Waals surface area (Å²) in [6, 6.07) is 14.6. The van der Waals surface area contributed by atoms with Gasteiger partial charge in [0.1, 0.15) is 0 Å². The van der Waals surface area contributed by atoms with Gasteiger partial charge in [-0.05, 0) is 12.1 Å². The molecule has 104 valence electrons. The number of fused-ring (bicyclic) bond motifs is 1. The van der Waals surface area contributed by atoms with Gasteiger partial charge < -0.3 is 0 Å². The smallest absolute Gasteiger partial charge is 0.284 e. The monoisotopic (exact) mass is 359 g/mol. The van der Waals surface area contributed by atoms with Crippen LogP contribution >= 0.6 is 27.7 Å². The largest absolute Gasteiger partial charge is 0.293 e. The van der Waals surface area contributed by atoms with Crippen molar-refractivity contribution in [1.29, 1.82) is 0 Å². The fourth-order valence-electron chi connectivity index (χ4n) is 2.08. The third kappa shape index (κ3) is 2.84. The molecule has 0 radical (unpaired) electrons. The molecule has 0 spiro atoms. The number of thioether (sulfide) groups is 1. The third-order valence-corrected chi connectivity index (χ3v) is 4.81. The van der Waals surface area contributed by atoms with E-state index in [0.29, 0.717) is 15.8 Å². The van der Waals surface area contributed by atoms with Crippen LogP contribution in [0.3, 0.4) is 0 Å². The molecular weight excluding hydrogens is 350 g/mol. The Morgan fingerprint density at radius 3 is 2.62 bits per heavy atom. The van der Waals surface area contributed by atoms with Crippen molar-refractivity contribution >= 4 is 44.3 Å². The van der Waals surface area contributed by atoms with Gasteiger partial charge in [-0.25, -0.2) is 4.99 Å². The third-order valence-electron chi connectivity index (χ3n) is 3.08. The van der Waals surface area contributed by atoms with E-state index in [1.165, 1.54) is 11.8 Å². The van der Waals surface area contributed by atoms with Crippen LogP contribution in [0.15, 0.2) is 58.0 Å². The summed E-state index contributed by atoms with van der Waals surface area (Å²) < 4.78 is 0.823. The number of benzene rings is 2. The first-order chi connectivity index (χ1) is 10.2. The fraction of sp³-hybridized carbons (Fsp3) is 0.0625. The number of Topliss-reactive ketones (excluding diaryl/α,β-unsaturated/α-hetero) is 1. The van der Waals surface area contributed by atoms with Gasteiger partial charge in [-0.2, -0.15) is 0 Å². The molecule has 0 atom stereocenters. The van der Waals surface area contributed by atoms with Crippen molar-refractivity contribution in [3.05, 3.63) is 69.1 Å². The zero-order valence-electron chi connectivity index (χ0n) is 10.9. The summed E-state index contributed by atoms with van der Waals surface area (Å²) in [5.74, 6) is -0.0503. The van der Waals surface area contributed by atoms with Gasteiger partial charge in [0.05, 0.1) is 16.0 Å². The molecule has 0 saturated carbocycles. The van der Waals surface area contributed by atoms with Gasteiger partial charge >= 0.3 is 0 Å². The molecule has 0 fully saturated rings.